The number of hydrogen-bond acceptors (Lipinski definition) is 9. The minimum absolute atomic E-state index is 0.0567. The smallest absolute Gasteiger partial charge is 0.319 e. The maximum atomic E-state index is 12.8. The lowest BCUT2D eigenvalue weighted by Crippen LogP contribution is -2.34. The zero-order valence-electron chi connectivity index (χ0n) is 19.4. The van der Waals surface area contributed by atoms with E-state index in [2.05, 4.69) is 19.9 Å². The first-order valence-electron chi connectivity index (χ1n) is 11.8. The number of hydrogen-bond donors (Lipinski definition) is 3. The van der Waals surface area contributed by atoms with Crippen LogP contribution < -0.4 is 21.1 Å². The molecule has 0 aromatic carbocycles. The van der Waals surface area contributed by atoms with Crippen LogP contribution in [-0.4, -0.2) is 58.1 Å². The summed E-state index contributed by atoms with van der Waals surface area (Å²) in [5, 5.41) is 9.32. The Morgan fingerprint density at radius 3 is 2.56 bits per heavy atom. The number of aromatic nitrogens is 3. The molecule has 182 valence electrons. The van der Waals surface area contributed by atoms with E-state index in [0.29, 0.717) is 37.1 Å². The molecule has 1 aliphatic carbocycles. The van der Waals surface area contributed by atoms with Crippen molar-refractivity contribution in [3.8, 4) is 6.01 Å². The number of carbonyl (C=O) groups is 2. The first kappa shape index (κ1) is 23.9. The zero-order valence-corrected chi connectivity index (χ0v) is 19.4. The molecule has 2 aromatic heterocycles. The number of carbonyl (C=O) groups excluding carboxylic acids is 2. The highest BCUT2D eigenvalue weighted by molar-refractivity contribution is 5.96. The highest BCUT2D eigenvalue weighted by atomic mass is 16.5. The Morgan fingerprint density at radius 2 is 1.91 bits per heavy atom. The summed E-state index contributed by atoms with van der Waals surface area (Å²) >= 11 is 0. The minimum Gasteiger partial charge on any atom is -0.463 e. The van der Waals surface area contributed by atoms with E-state index in [4.69, 9.17) is 16.2 Å². The fourth-order valence-electron chi connectivity index (χ4n) is 4.06. The van der Waals surface area contributed by atoms with E-state index in [1.165, 1.54) is 0 Å². The third-order valence-electron chi connectivity index (χ3n) is 6.39. The van der Waals surface area contributed by atoms with Crippen molar-refractivity contribution in [2.75, 3.05) is 36.9 Å². The second kappa shape index (κ2) is 10.3. The van der Waals surface area contributed by atoms with Crippen LogP contribution >= 0.6 is 0 Å². The van der Waals surface area contributed by atoms with Gasteiger partial charge in [0.2, 0.25) is 0 Å². The quantitative estimate of drug-likeness (QED) is 0.443. The van der Waals surface area contributed by atoms with E-state index in [1.54, 1.807) is 12.1 Å². The highest BCUT2D eigenvalue weighted by Gasteiger charge is 2.27. The normalized spacial score (nSPS) is 17.4. The van der Waals surface area contributed by atoms with Gasteiger partial charge >= 0.3 is 6.01 Å². The number of ether oxygens (including phenoxy) is 1. The van der Waals surface area contributed by atoms with Gasteiger partial charge in [0.05, 0.1) is 12.3 Å². The molecule has 4 rings (SSSR count). The predicted octanol–water partition coefficient (Wildman–Crippen LogP) is 1.93. The van der Waals surface area contributed by atoms with Gasteiger partial charge in [-0.3, -0.25) is 9.59 Å². The van der Waals surface area contributed by atoms with Gasteiger partial charge in [-0.25, -0.2) is 4.98 Å². The molecular weight excluding hydrogens is 436 g/mol. The summed E-state index contributed by atoms with van der Waals surface area (Å²) in [6.07, 6.45) is 4.08. The second-order valence-electron chi connectivity index (χ2n) is 9.36. The van der Waals surface area contributed by atoms with Gasteiger partial charge in [0.25, 0.3) is 5.91 Å². The van der Waals surface area contributed by atoms with Crippen LogP contribution in [0.15, 0.2) is 18.2 Å². The van der Waals surface area contributed by atoms with Crippen LogP contribution in [-0.2, 0) is 0 Å². The monoisotopic (exact) mass is 468 g/mol. The summed E-state index contributed by atoms with van der Waals surface area (Å²) in [6, 6.07) is 5.45. The molecule has 1 saturated carbocycles. The number of anilines is 2. The summed E-state index contributed by atoms with van der Waals surface area (Å²) in [6.45, 7) is 3.71. The van der Waals surface area contributed by atoms with Crippen molar-refractivity contribution in [1.29, 1.82) is 0 Å². The van der Waals surface area contributed by atoms with Crippen molar-refractivity contribution in [3.63, 3.8) is 0 Å². The lowest BCUT2D eigenvalue weighted by atomic mass is 9.92. The molecule has 10 heteroatoms. The number of nitrogen functional groups attached to an aromatic ring is 1. The number of pyridine rings is 1. The van der Waals surface area contributed by atoms with E-state index < -0.39 is 5.91 Å². The lowest BCUT2D eigenvalue weighted by Gasteiger charge is -2.33. The standard InChI is InChI=1S/C24H32N6O4/c1-14(12-31)10-20(32)19-11-21(29-24(28-19)34-13-15-2-3-15)30-8-6-16(7-9-30)18-5-4-17(25)22(27-18)23(26)33/h4-5,11,14-16,31H,2-3,6-10,12-13,25H2,1H3,(H2,26,33)/t14-/m0/s1. The van der Waals surface area contributed by atoms with Gasteiger partial charge in [-0.05, 0) is 49.7 Å². The molecule has 1 atom stereocenters. The molecule has 2 aromatic rings. The van der Waals surface area contributed by atoms with E-state index >= 15 is 0 Å². The largest absolute Gasteiger partial charge is 0.463 e. The van der Waals surface area contributed by atoms with Crippen LogP contribution in [0.5, 0.6) is 6.01 Å². The predicted molar refractivity (Wildman–Crippen MR) is 127 cm³/mol. The van der Waals surface area contributed by atoms with Crippen LogP contribution in [0, 0.1) is 11.8 Å². The maximum absolute atomic E-state index is 12.8. The maximum Gasteiger partial charge on any atom is 0.319 e. The SMILES string of the molecule is C[C@H](CO)CC(=O)c1cc(N2CCC(c3ccc(N)c(C(N)=O)n3)CC2)nc(OCC2CC2)n1. The Balaban J connectivity index is 1.49. The summed E-state index contributed by atoms with van der Waals surface area (Å²) in [5.74, 6) is 0.436. The number of nitrogens with two attached hydrogens (primary N) is 2. The topological polar surface area (TPSA) is 158 Å². The number of piperidine rings is 1. The molecule has 0 unspecified atom stereocenters. The third kappa shape index (κ3) is 5.80. The van der Waals surface area contributed by atoms with E-state index in [0.717, 1.165) is 31.4 Å². The third-order valence-corrected chi connectivity index (χ3v) is 6.39. The number of ketones is 1. The fourth-order valence-corrected chi connectivity index (χ4v) is 4.06. The van der Waals surface area contributed by atoms with Crippen molar-refractivity contribution >= 4 is 23.2 Å². The Labute approximate surface area is 198 Å². The summed E-state index contributed by atoms with van der Waals surface area (Å²) in [5.41, 5.74) is 12.7. The van der Waals surface area contributed by atoms with Crippen molar-refractivity contribution in [3.05, 3.63) is 35.3 Å². The summed E-state index contributed by atoms with van der Waals surface area (Å²) in [7, 11) is 0. The minimum atomic E-state index is -0.635. The molecule has 0 spiro atoms. The number of primary amides is 1. The first-order valence-corrected chi connectivity index (χ1v) is 11.8. The summed E-state index contributed by atoms with van der Waals surface area (Å²) < 4.78 is 5.80. The molecule has 34 heavy (non-hydrogen) atoms. The average Bonchev–Trinajstić information content (AvgIpc) is 3.67. The highest BCUT2D eigenvalue weighted by Crippen LogP contribution is 2.32. The van der Waals surface area contributed by atoms with Gasteiger partial charge in [-0.1, -0.05) is 6.92 Å². The Morgan fingerprint density at radius 1 is 1.18 bits per heavy atom. The molecule has 1 saturated heterocycles. The second-order valence-corrected chi connectivity index (χ2v) is 9.36. The molecule has 1 aliphatic heterocycles. The number of nitrogens with zero attached hydrogens (tertiary/aromatic N) is 4. The Kier molecular flexibility index (Phi) is 7.26. The average molecular weight is 469 g/mol. The Hall–Kier alpha value is -3.27. The molecule has 2 fully saturated rings. The number of aliphatic hydroxyl groups excluding tert-OH is 1. The molecule has 1 amide bonds. The van der Waals surface area contributed by atoms with Gasteiger partial charge in [0, 0.05) is 43.8 Å². The van der Waals surface area contributed by atoms with Gasteiger partial charge in [0.1, 0.15) is 11.5 Å². The van der Waals surface area contributed by atoms with Crippen LogP contribution in [0.1, 0.15) is 71.6 Å². The van der Waals surface area contributed by atoms with Gasteiger partial charge < -0.3 is 26.2 Å². The fraction of sp³-hybridized carbons (Fsp3) is 0.542. The van der Waals surface area contributed by atoms with Gasteiger partial charge in [-0.15, -0.1) is 0 Å². The molecule has 2 aliphatic rings. The molecule has 5 N–H and O–H groups in total. The first-order chi connectivity index (χ1) is 16.3. The summed E-state index contributed by atoms with van der Waals surface area (Å²) in [4.78, 5) is 39.8. The van der Waals surface area contributed by atoms with Crippen molar-refractivity contribution in [2.24, 2.45) is 17.6 Å². The lowest BCUT2D eigenvalue weighted by molar-refractivity contribution is 0.0936. The van der Waals surface area contributed by atoms with E-state index in [9.17, 15) is 14.7 Å². The van der Waals surface area contributed by atoms with Crippen LogP contribution in [0.4, 0.5) is 11.5 Å². The van der Waals surface area contributed by atoms with Crippen LogP contribution in [0.25, 0.3) is 0 Å². The van der Waals surface area contributed by atoms with Gasteiger partial charge in [0.15, 0.2) is 11.5 Å². The number of amides is 1. The molecule has 3 heterocycles. The van der Waals surface area contributed by atoms with Crippen molar-refractivity contribution in [1.82, 2.24) is 15.0 Å². The number of rotatable bonds is 10. The molecule has 10 nitrogen and oxygen atoms in total. The van der Waals surface area contributed by atoms with Crippen molar-refractivity contribution in [2.45, 2.75) is 44.9 Å². The van der Waals surface area contributed by atoms with E-state index in [-0.39, 0.29) is 48.0 Å². The van der Waals surface area contributed by atoms with E-state index in [1.807, 2.05) is 13.0 Å². The van der Waals surface area contributed by atoms with Crippen LogP contribution in [0.2, 0.25) is 0 Å². The van der Waals surface area contributed by atoms with Gasteiger partial charge in [-0.2, -0.15) is 9.97 Å². The van der Waals surface area contributed by atoms with Crippen molar-refractivity contribution < 1.29 is 19.4 Å². The molecule has 0 bridgehead atoms. The molecular formula is C24H32N6O4. The molecule has 0 radical (unpaired) electrons. The van der Waals surface area contributed by atoms with Crippen LogP contribution in [0.3, 0.4) is 0 Å². The zero-order chi connectivity index (χ0) is 24.2. The number of Topliss-reactive ketones (excluding diaryl/α,β-unsaturated/α-hetero) is 1. The Bertz CT molecular complexity index is 1050. The number of aliphatic hydroxyl groups is 1.